The molecular weight excluding hydrogens is 427 g/mol. The third kappa shape index (κ3) is 4.65. The van der Waals surface area contributed by atoms with Crippen LogP contribution < -0.4 is 5.32 Å². The van der Waals surface area contributed by atoms with Crippen LogP contribution in [-0.4, -0.2) is 12.8 Å². The maximum absolute atomic E-state index is 13.3. The number of rotatable bonds is 6. The van der Waals surface area contributed by atoms with Crippen molar-refractivity contribution < 1.29 is 22.7 Å². The van der Waals surface area contributed by atoms with Crippen molar-refractivity contribution in [3.63, 3.8) is 0 Å². The summed E-state index contributed by atoms with van der Waals surface area (Å²) in [6.07, 6.45) is 0.213. The topological polar surface area (TPSA) is 38.3 Å². The first-order valence-corrected chi connectivity index (χ1v) is 10.9. The smallest absolute Gasteiger partial charge is 0.416 e. The van der Waals surface area contributed by atoms with Gasteiger partial charge in [0, 0.05) is 7.05 Å². The van der Waals surface area contributed by atoms with Crippen LogP contribution in [0.2, 0.25) is 0 Å². The zero-order chi connectivity index (χ0) is 23.6. The standard InChI is InChI=1S/C27H24F3NO2/c1-3-4-8-17-13-18-9-5-6-12-22(18)20(14-17)16-23-25(32)24(26(31-2)33-23)19-10-7-11-21(15-19)27(28,29)30/h5-7,9-16,31H,3-4,8H2,1-2H3. The Hall–Kier alpha value is -3.54. The van der Waals surface area contributed by atoms with Crippen molar-refractivity contribution in [2.75, 3.05) is 7.05 Å². The van der Waals surface area contributed by atoms with Crippen LogP contribution in [0.1, 0.15) is 42.0 Å². The van der Waals surface area contributed by atoms with Crippen LogP contribution in [-0.2, 0) is 22.1 Å². The van der Waals surface area contributed by atoms with E-state index >= 15 is 0 Å². The highest BCUT2D eigenvalue weighted by molar-refractivity contribution is 6.31. The summed E-state index contributed by atoms with van der Waals surface area (Å²) in [5.41, 5.74) is 1.42. The predicted molar refractivity (Wildman–Crippen MR) is 124 cm³/mol. The van der Waals surface area contributed by atoms with Crippen LogP contribution in [0, 0.1) is 0 Å². The molecule has 1 heterocycles. The number of hydrogen-bond donors (Lipinski definition) is 1. The van der Waals surface area contributed by atoms with Crippen LogP contribution in [0.5, 0.6) is 0 Å². The fraction of sp³-hybridized carbons (Fsp3) is 0.222. The van der Waals surface area contributed by atoms with E-state index in [1.807, 2.05) is 30.3 Å². The lowest BCUT2D eigenvalue weighted by Crippen LogP contribution is -2.09. The van der Waals surface area contributed by atoms with Gasteiger partial charge < -0.3 is 10.1 Å². The highest BCUT2D eigenvalue weighted by Crippen LogP contribution is 2.36. The van der Waals surface area contributed by atoms with Gasteiger partial charge in [-0.3, -0.25) is 4.79 Å². The lowest BCUT2D eigenvalue weighted by atomic mass is 9.96. The second-order valence-electron chi connectivity index (χ2n) is 7.98. The molecule has 0 atom stereocenters. The molecule has 0 saturated carbocycles. The number of allylic oxidation sites excluding steroid dienone is 1. The van der Waals surface area contributed by atoms with E-state index in [4.69, 9.17) is 4.74 Å². The van der Waals surface area contributed by atoms with E-state index in [9.17, 15) is 18.0 Å². The van der Waals surface area contributed by atoms with Gasteiger partial charge in [-0.25, -0.2) is 0 Å². The highest BCUT2D eigenvalue weighted by Gasteiger charge is 2.35. The average molecular weight is 451 g/mol. The summed E-state index contributed by atoms with van der Waals surface area (Å²) in [7, 11) is 1.57. The lowest BCUT2D eigenvalue weighted by molar-refractivity contribution is -0.137. The Morgan fingerprint density at radius 3 is 2.55 bits per heavy atom. The zero-order valence-corrected chi connectivity index (χ0v) is 18.4. The zero-order valence-electron chi connectivity index (χ0n) is 18.4. The van der Waals surface area contributed by atoms with Crippen LogP contribution in [0.25, 0.3) is 22.4 Å². The van der Waals surface area contributed by atoms with E-state index in [1.54, 1.807) is 13.1 Å². The number of benzene rings is 3. The number of unbranched alkanes of at least 4 members (excludes halogenated alkanes) is 1. The molecule has 1 aliphatic rings. The maximum Gasteiger partial charge on any atom is 0.416 e. The van der Waals surface area contributed by atoms with Gasteiger partial charge >= 0.3 is 6.18 Å². The molecule has 0 saturated heterocycles. The number of carbonyl (C=O) groups excluding carboxylic acids is 1. The van der Waals surface area contributed by atoms with Crippen molar-refractivity contribution in [1.82, 2.24) is 5.32 Å². The number of halogens is 3. The third-order valence-corrected chi connectivity index (χ3v) is 5.65. The minimum atomic E-state index is -4.50. The number of aryl methyl sites for hydroxylation is 1. The van der Waals surface area contributed by atoms with Gasteiger partial charge in [-0.15, -0.1) is 0 Å². The molecule has 0 aromatic heterocycles. The molecular formula is C27H24F3NO2. The highest BCUT2D eigenvalue weighted by atomic mass is 19.4. The van der Waals surface area contributed by atoms with Gasteiger partial charge in [-0.1, -0.05) is 61.9 Å². The van der Waals surface area contributed by atoms with E-state index < -0.39 is 17.5 Å². The van der Waals surface area contributed by atoms with Crippen LogP contribution in [0.3, 0.4) is 0 Å². The molecule has 0 spiro atoms. The predicted octanol–water partition coefficient (Wildman–Crippen LogP) is 6.73. The maximum atomic E-state index is 13.3. The number of Topliss-reactive ketones (excluding diaryl/α,β-unsaturated/α-hetero) is 1. The third-order valence-electron chi connectivity index (χ3n) is 5.65. The van der Waals surface area contributed by atoms with E-state index in [2.05, 4.69) is 18.3 Å². The molecule has 4 rings (SSSR count). The summed E-state index contributed by atoms with van der Waals surface area (Å²) < 4.78 is 45.4. The molecule has 1 N–H and O–H groups in total. The molecule has 0 radical (unpaired) electrons. The summed E-state index contributed by atoms with van der Waals surface area (Å²) in [5.74, 6) is -0.247. The molecule has 0 fully saturated rings. The van der Waals surface area contributed by atoms with E-state index in [0.717, 1.165) is 53.3 Å². The summed E-state index contributed by atoms with van der Waals surface area (Å²) in [4.78, 5) is 13.3. The van der Waals surface area contributed by atoms with E-state index in [-0.39, 0.29) is 22.8 Å². The van der Waals surface area contributed by atoms with Gasteiger partial charge in [-0.2, -0.15) is 13.2 Å². The van der Waals surface area contributed by atoms with Crippen LogP contribution in [0.15, 0.2) is 72.3 Å². The Bertz CT molecular complexity index is 1270. The van der Waals surface area contributed by atoms with Crippen molar-refractivity contribution in [3.05, 3.63) is 94.6 Å². The lowest BCUT2D eigenvalue weighted by Gasteiger charge is -2.09. The van der Waals surface area contributed by atoms with Crippen molar-refractivity contribution in [1.29, 1.82) is 0 Å². The van der Waals surface area contributed by atoms with Gasteiger partial charge in [0.15, 0.2) is 5.76 Å². The SMILES string of the molecule is CCCCc1cc(C=C2OC(NC)=C(c3cccc(C(F)(F)F)c3)C2=O)c2ccccc2c1. The Morgan fingerprint density at radius 2 is 1.82 bits per heavy atom. The van der Waals surface area contributed by atoms with Gasteiger partial charge in [-0.05, 0) is 58.5 Å². The fourth-order valence-corrected chi connectivity index (χ4v) is 4.01. The number of carbonyl (C=O) groups is 1. The summed E-state index contributed by atoms with van der Waals surface area (Å²) in [6.45, 7) is 2.13. The molecule has 0 amide bonds. The summed E-state index contributed by atoms with van der Waals surface area (Å²) in [6, 6.07) is 16.8. The monoisotopic (exact) mass is 451 g/mol. The molecule has 1 aliphatic heterocycles. The molecule has 6 heteroatoms. The Labute approximate surface area is 190 Å². The first-order chi connectivity index (χ1) is 15.8. The molecule has 3 aromatic carbocycles. The summed E-state index contributed by atoms with van der Waals surface area (Å²) in [5, 5.41) is 4.84. The van der Waals surface area contributed by atoms with Crippen molar-refractivity contribution >= 4 is 28.2 Å². The molecule has 33 heavy (non-hydrogen) atoms. The van der Waals surface area contributed by atoms with Gasteiger partial charge in [0.25, 0.3) is 0 Å². The molecule has 170 valence electrons. The average Bonchev–Trinajstić information content (AvgIpc) is 3.12. The Kier molecular flexibility index (Phi) is 6.27. The molecule has 0 bridgehead atoms. The van der Waals surface area contributed by atoms with Gasteiger partial charge in [0.2, 0.25) is 11.7 Å². The number of hydrogen-bond acceptors (Lipinski definition) is 3. The summed E-state index contributed by atoms with van der Waals surface area (Å²) >= 11 is 0. The molecule has 3 aromatic rings. The fourth-order valence-electron chi connectivity index (χ4n) is 4.01. The molecule has 0 aliphatic carbocycles. The van der Waals surface area contributed by atoms with E-state index in [1.165, 1.54) is 12.1 Å². The van der Waals surface area contributed by atoms with Crippen molar-refractivity contribution in [3.8, 4) is 0 Å². The number of ether oxygens (including phenoxy) is 1. The Balaban J connectivity index is 1.76. The minimum absolute atomic E-state index is 0.0737. The van der Waals surface area contributed by atoms with Gasteiger partial charge in [0.05, 0.1) is 11.1 Å². The minimum Gasteiger partial charge on any atom is -0.436 e. The largest absolute Gasteiger partial charge is 0.436 e. The van der Waals surface area contributed by atoms with Crippen molar-refractivity contribution in [2.24, 2.45) is 0 Å². The second-order valence-corrected chi connectivity index (χ2v) is 7.98. The first-order valence-electron chi connectivity index (χ1n) is 10.9. The first kappa shape index (κ1) is 22.6. The normalized spacial score (nSPS) is 15.4. The van der Waals surface area contributed by atoms with Crippen LogP contribution in [0.4, 0.5) is 13.2 Å². The quantitative estimate of drug-likeness (QED) is 0.422. The second kappa shape index (κ2) is 9.14. The van der Waals surface area contributed by atoms with E-state index in [0.29, 0.717) is 0 Å². The molecule has 3 nitrogen and oxygen atoms in total. The van der Waals surface area contributed by atoms with Crippen molar-refractivity contribution in [2.45, 2.75) is 32.4 Å². The number of fused-ring (bicyclic) bond motifs is 1. The number of ketones is 1. The van der Waals surface area contributed by atoms with Gasteiger partial charge in [0.1, 0.15) is 0 Å². The number of alkyl halides is 3. The Morgan fingerprint density at radius 1 is 1.03 bits per heavy atom. The molecule has 0 unspecified atom stereocenters. The van der Waals surface area contributed by atoms with Crippen LogP contribution >= 0.6 is 0 Å². The number of nitrogens with one attached hydrogen (secondary N) is 1.